The van der Waals surface area contributed by atoms with Gasteiger partial charge >= 0.3 is 5.69 Å². The van der Waals surface area contributed by atoms with Gasteiger partial charge in [0.1, 0.15) is 5.75 Å². The quantitative estimate of drug-likeness (QED) is 0.264. The number of nitrogens with one attached hydrogen (secondary N) is 1. The van der Waals surface area contributed by atoms with Gasteiger partial charge in [-0.25, -0.2) is 0 Å². The third-order valence-corrected chi connectivity index (χ3v) is 4.80. The Balaban J connectivity index is 1.79. The topological polar surface area (TPSA) is 94.5 Å². The molecule has 1 N–H and O–H groups in total. The number of carbonyl (C=O) groups is 1. The van der Waals surface area contributed by atoms with Gasteiger partial charge < -0.3 is 14.5 Å². The molecule has 0 saturated heterocycles. The number of Topliss-reactive ketones (excluding diaryl/α,β-unsaturated/α-hetero) is 1. The van der Waals surface area contributed by atoms with Crippen molar-refractivity contribution < 1.29 is 19.2 Å². The van der Waals surface area contributed by atoms with Gasteiger partial charge in [0.05, 0.1) is 18.1 Å². The average molecular weight is 402 g/mol. The Bertz CT molecular complexity index is 1220. The summed E-state index contributed by atoms with van der Waals surface area (Å²) in [5.41, 5.74) is 1.60. The molecule has 7 nitrogen and oxygen atoms in total. The summed E-state index contributed by atoms with van der Waals surface area (Å²) in [6, 6.07) is 20.6. The molecule has 30 heavy (non-hydrogen) atoms. The molecule has 0 radical (unpaired) electrons. The van der Waals surface area contributed by atoms with Crippen LogP contribution in [0.4, 0.5) is 5.69 Å². The van der Waals surface area contributed by atoms with Crippen molar-refractivity contribution in [3.8, 4) is 11.5 Å². The molecule has 0 aliphatic heterocycles. The molecule has 0 fully saturated rings. The second-order valence-corrected chi connectivity index (χ2v) is 6.61. The van der Waals surface area contributed by atoms with Crippen LogP contribution < -0.4 is 9.47 Å². The molecular weight excluding hydrogens is 384 g/mol. The Morgan fingerprint density at radius 2 is 1.77 bits per heavy atom. The second kappa shape index (κ2) is 8.08. The number of nitro benzene ring substituents is 1. The van der Waals surface area contributed by atoms with Crippen molar-refractivity contribution in [2.75, 3.05) is 7.11 Å². The molecule has 0 bridgehead atoms. The number of rotatable bonds is 7. The zero-order valence-electron chi connectivity index (χ0n) is 16.1. The molecule has 0 spiro atoms. The van der Waals surface area contributed by atoms with Crippen LogP contribution in [0.25, 0.3) is 10.9 Å². The SMILES string of the molecule is COc1ccc(O[C@H](C(=O)c2c[nH]c3ccccc23)c2ccccc2)c([N+](=O)[O-])c1. The van der Waals surface area contributed by atoms with Gasteiger partial charge in [-0.05, 0) is 18.2 Å². The maximum absolute atomic E-state index is 13.5. The molecule has 0 aliphatic rings. The molecule has 7 heteroatoms. The van der Waals surface area contributed by atoms with Crippen LogP contribution in [0.2, 0.25) is 0 Å². The molecule has 150 valence electrons. The van der Waals surface area contributed by atoms with Crippen molar-refractivity contribution in [1.29, 1.82) is 0 Å². The number of carbonyl (C=O) groups excluding carboxylic acids is 1. The van der Waals surface area contributed by atoms with Crippen LogP contribution in [0.5, 0.6) is 11.5 Å². The molecular formula is C23H18N2O5. The first-order chi connectivity index (χ1) is 14.6. The highest BCUT2D eigenvalue weighted by Gasteiger charge is 2.29. The number of hydrogen-bond acceptors (Lipinski definition) is 5. The molecule has 0 amide bonds. The minimum Gasteiger partial charge on any atom is -0.496 e. The zero-order chi connectivity index (χ0) is 21.1. The van der Waals surface area contributed by atoms with Crippen LogP contribution in [0.3, 0.4) is 0 Å². The number of aromatic nitrogens is 1. The first kappa shape index (κ1) is 19.2. The van der Waals surface area contributed by atoms with E-state index in [1.807, 2.05) is 30.3 Å². The maximum atomic E-state index is 13.5. The number of nitrogens with zero attached hydrogens (tertiary/aromatic N) is 1. The standard InChI is InChI=1S/C23H18N2O5/c1-29-16-11-12-21(20(13-16)25(27)28)30-23(15-7-3-2-4-8-15)22(26)18-14-24-19-10-6-5-9-17(18)19/h2-14,23-24H,1H3/t23-/m0/s1. The summed E-state index contributed by atoms with van der Waals surface area (Å²) in [4.78, 5) is 27.6. The molecule has 1 aromatic heterocycles. The number of ketones is 1. The molecule has 0 aliphatic carbocycles. The molecule has 1 heterocycles. The fourth-order valence-corrected chi connectivity index (χ4v) is 3.31. The van der Waals surface area contributed by atoms with Gasteiger partial charge in [0.2, 0.25) is 5.78 Å². The molecule has 0 unspecified atom stereocenters. The van der Waals surface area contributed by atoms with Crippen LogP contribution in [0.1, 0.15) is 22.0 Å². The van der Waals surface area contributed by atoms with Gasteiger partial charge in [-0.15, -0.1) is 0 Å². The summed E-state index contributed by atoms with van der Waals surface area (Å²) in [5.74, 6) is 0.0138. The van der Waals surface area contributed by atoms with Crippen molar-refractivity contribution in [3.05, 3.63) is 100 Å². The summed E-state index contributed by atoms with van der Waals surface area (Å²) in [7, 11) is 1.42. The monoisotopic (exact) mass is 402 g/mol. The maximum Gasteiger partial charge on any atom is 0.314 e. The molecule has 3 aromatic carbocycles. The number of aromatic amines is 1. The van der Waals surface area contributed by atoms with E-state index in [0.29, 0.717) is 16.9 Å². The van der Waals surface area contributed by atoms with E-state index in [-0.39, 0.29) is 17.2 Å². The summed E-state index contributed by atoms with van der Waals surface area (Å²) in [5, 5.41) is 12.3. The highest BCUT2D eigenvalue weighted by molar-refractivity contribution is 6.10. The van der Waals surface area contributed by atoms with E-state index in [2.05, 4.69) is 4.98 Å². The first-order valence-electron chi connectivity index (χ1n) is 9.23. The van der Waals surface area contributed by atoms with Crippen LogP contribution >= 0.6 is 0 Å². The first-order valence-corrected chi connectivity index (χ1v) is 9.23. The lowest BCUT2D eigenvalue weighted by molar-refractivity contribution is -0.386. The number of H-pyrrole nitrogens is 1. The third-order valence-electron chi connectivity index (χ3n) is 4.80. The van der Waals surface area contributed by atoms with E-state index < -0.39 is 11.0 Å². The highest BCUT2D eigenvalue weighted by Crippen LogP contribution is 2.36. The number of fused-ring (bicyclic) bond motifs is 1. The van der Waals surface area contributed by atoms with E-state index in [0.717, 1.165) is 10.9 Å². The zero-order valence-corrected chi connectivity index (χ0v) is 16.1. The molecule has 4 aromatic rings. The van der Waals surface area contributed by atoms with Gasteiger partial charge in [-0.1, -0.05) is 48.5 Å². The average Bonchev–Trinajstić information content (AvgIpc) is 3.21. The minimum absolute atomic E-state index is 0.0113. The van der Waals surface area contributed by atoms with Gasteiger partial charge in [-0.3, -0.25) is 14.9 Å². The highest BCUT2D eigenvalue weighted by atomic mass is 16.6. The smallest absolute Gasteiger partial charge is 0.314 e. The van der Waals surface area contributed by atoms with Crippen LogP contribution in [0.15, 0.2) is 79.0 Å². The van der Waals surface area contributed by atoms with E-state index in [4.69, 9.17) is 9.47 Å². The van der Waals surface area contributed by atoms with E-state index in [1.54, 1.807) is 36.5 Å². The van der Waals surface area contributed by atoms with Crippen molar-refractivity contribution in [3.63, 3.8) is 0 Å². The van der Waals surface area contributed by atoms with Gasteiger partial charge in [-0.2, -0.15) is 0 Å². The second-order valence-electron chi connectivity index (χ2n) is 6.61. The van der Waals surface area contributed by atoms with Gasteiger partial charge in [0.15, 0.2) is 11.9 Å². The Labute approximate surface area is 172 Å². The third kappa shape index (κ3) is 3.60. The number of ether oxygens (including phenoxy) is 2. The summed E-state index contributed by atoms with van der Waals surface area (Å²) < 4.78 is 11.0. The molecule has 0 saturated carbocycles. The normalized spacial score (nSPS) is 11.8. The Morgan fingerprint density at radius 1 is 1.03 bits per heavy atom. The lowest BCUT2D eigenvalue weighted by Gasteiger charge is -2.18. The predicted molar refractivity (Wildman–Crippen MR) is 112 cm³/mol. The van der Waals surface area contributed by atoms with Crippen molar-refractivity contribution >= 4 is 22.4 Å². The number of nitro groups is 1. The Hall–Kier alpha value is -4.13. The summed E-state index contributed by atoms with van der Waals surface area (Å²) in [6.07, 6.45) is 0.576. The van der Waals surface area contributed by atoms with E-state index >= 15 is 0 Å². The Kier molecular flexibility index (Phi) is 5.17. The minimum atomic E-state index is -1.06. The number of hydrogen-bond donors (Lipinski definition) is 1. The fourth-order valence-electron chi connectivity index (χ4n) is 3.31. The number of para-hydroxylation sites is 1. The van der Waals surface area contributed by atoms with Gasteiger partial charge in [0.25, 0.3) is 0 Å². The van der Waals surface area contributed by atoms with E-state index in [1.165, 1.54) is 19.2 Å². The van der Waals surface area contributed by atoms with E-state index in [9.17, 15) is 14.9 Å². The molecule has 4 rings (SSSR count). The summed E-state index contributed by atoms with van der Waals surface area (Å²) >= 11 is 0. The lowest BCUT2D eigenvalue weighted by Crippen LogP contribution is -2.19. The van der Waals surface area contributed by atoms with Crippen LogP contribution in [-0.4, -0.2) is 22.8 Å². The number of benzene rings is 3. The largest absolute Gasteiger partial charge is 0.496 e. The molecule has 1 atom stereocenters. The van der Waals surface area contributed by atoms with Crippen LogP contribution in [0, 0.1) is 10.1 Å². The summed E-state index contributed by atoms with van der Waals surface area (Å²) in [6.45, 7) is 0. The number of methoxy groups -OCH3 is 1. The van der Waals surface area contributed by atoms with Gasteiger partial charge in [0, 0.05) is 28.2 Å². The van der Waals surface area contributed by atoms with Crippen LogP contribution in [-0.2, 0) is 0 Å². The predicted octanol–water partition coefficient (Wildman–Crippen LogP) is 5.09. The fraction of sp³-hybridized carbons (Fsp3) is 0.0870. The lowest BCUT2D eigenvalue weighted by atomic mass is 9.99. The van der Waals surface area contributed by atoms with Crippen molar-refractivity contribution in [2.24, 2.45) is 0 Å². The van der Waals surface area contributed by atoms with Crippen molar-refractivity contribution in [2.45, 2.75) is 6.10 Å². The Morgan fingerprint density at radius 3 is 2.50 bits per heavy atom. The van der Waals surface area contributed by atoms with Crippen molar-refractivity contribution in [1.82, 2.24) is 4.98 Å².